The van der Waals surface area contributed by atoms with E-state index in [-0.39, 0.29) is 17.9 Å². The van der Waals surface area contributed by atoms with Gasteiger partial charge in [0, 0.05) is 18.7 Å². The third kappa shape index (κ3) is 3.75. The first-order valence-electron chi connectivity index (χ1n) is 10.9. The Morgan fingerprint density at radius 2 is 1.84 bits per heavy atom. The van der Waals surface area contributed by atoms with Crippen molar-refractivity contribution < 1.29 is 19.1 Å². The van der Waals surface area contributed by atoms with Crippen LogP contribution in [0.4, 0.5) is 0 Å². The van der Waals surface area contributed by atoms with Gasteiger partial charge in [-0.25, -0.2) is 0 Å². The summed E-state index contributed by atoms with van der Waals surface area (Å²) >= 11 is 0. The molecule has 164 valence electrons. The fourth-order valence-corrected chi connectivity index (χ4v) is 4.73. The predicted molar refractivity (Wildman–Crippen MR) is 119 cm³/mol. The molecule has 6 heteroatoms. The van der Waals surface area contributed by atoms with Crippen LogP contribution in [-0.2, 0) is 11.2 Å². The van der Waals surface area contributed by atoms with Crippen molar-refractivity contribution >= 4 is 11.8 Å². The van der Waals surface area contributed by atoms with Crippen molar-refractivity contribution in [2.24, 2.45) is 5.92 Å². The summed E-state index contributed by atoms with van der Waals surface area (Å²) in [6, 6.07) is 11.3. The van der Waals surface area contributed by atoms with Crippen molar-refractivity contribution in [2.45, 2.75) is 38.6 Å². The van der Waals surface area contributed by atoms with Crippen LogP contribution in [0.15, 0.2) is 36.4 Å². The molecule has 0 aromatic heterocycles. The van der Waals surface area contributed by atoms with Crippen molar-refractivity contribution in [3.63, 3.8) is 0 Å². The Morgan fingerprint density at radius 3 is 2.55 bits per heavy atom. The zero-order chi connectivity index (χ0) is 22.1. The van der Waals surface area contributed by atoms with E-state index in [0.717, 1.165) is 18.4 Å². The summed E-state index contributed by atoms with van der Waals surface area (Å²) in [7, 11) is 3.11. The monoisotopic (exact) mass is 422 g/mol. The van der Waals surface area contributed by atoms with Gasteiger partial charge >= 0.3 is 0 Å². The first kappa shape index (κ1) is 21.2. The molecule has 0 unspecified atom stereocenters. The molecule has 0 aliphatic carbocycles. The van der Waals surface area contributed by atoms with Crippen molar-refractivity contribution in [3.05, 3.63) is 58.7 Å². The summed E-state index contributed by atoms with van der Waals surface area (Å²) in [5.74, 6) is 0.865. The smallest absolute Gasteiger partial charge is 0.254 e. The summed E-state index contributed by atoms with van der Waals surface area (Å²) in [5, 5.41) is 3.12. The molecule has 6 nitrogen and oxygen atoms in total. The lowest BCUT2D eigenvalue weighted by Gasteiger charge is -2.45. The zero-order valence-corrected chi connectivity index (χ0v) is 18.6. The minimum Gasteiger partial charge on any atom is -0.493 e. The van der Waals surface area contributed by atoms with Gasteiger partial charge in [0.25, 0.3) is 5.91 Å². The number of benzene rings is 2. The Balaban J connectivity index is 1.84. The first-order valence-corrected chi connectivity index (χ1v) is 10.9. The Bertz CT molecular complexity index is 1000. The molecule has 2 aliphatic rings. The van der Waals surface area contributed by atoms with Crippen LogP contribution in [0.25, 0.3) is 0 Å². The van der Waals surface area contributed by atoms with Gasteiger partial charge in [-0.2, -0.15) is 0 Å². The van der Waals surface area contributed by atoms with Crippen LogP contribution in [-0.4, -0.2) is 44.0 Å². The first-order chi connectivity index (χ1) is 15.0. The largest absolute Gasteiger partial charge is 0.493 e. The third-order valence-corrected chi connectivity index (χ3v) is 6.33. The lowest BCUT2D eigenvalue weighted by atomic mass is 9.75. The van der Waals surface area contributed by atoms with E-state index in [1.54, 1.807) is 26.4 Å². The molecular weight excluding hydrogens is 392 g/mol. The van der Waals surface area contributed by atoms with E-state index >= 15 is 0 Å². The fourth-order valence-electron chi connectivity index (χ4n) is 4.73. The highest BCUT2D eigenvalue weighted by molar-refractivity contribution is 6.02. The number of methoxy groups -OCH3 is 2. The van der Waals surface area contributed by atoms with Crippen LogP contribution in [0.3, 0.4) is 0 Å². The molecule has 1 N–H and O–H groups in total. The van der Waals surface area contributed by atoms with Crippen LogP contribution in [0.2, 0.25) is 0 Å². The highest BCUT2D eigenvalue weighted by Crippen LogP contribution is 2.48. The van der Waals surface area contributed by atoms with Gasteiger partial charge in [0.2, 0.25) is 5.91 Å². The number of amides is 2. The number of rotatable bonds is 6. The lowest BCUT2D eigenvalue weighted by molar-refractivity contribution is -0.124. The number of fused-ring (bicyclic) bond motifs is 4. The van der Waals surface area contributed by atoms with Gasteiger partial charge in [0.15, 0.2) is 11.5 Å². The number of carbonyl (C=O) groups is 2. The quantitative estimate of drug-likeness (QED) is 0.771. The second kappa shape index (κ2) is 8.61. The highest BCUT2D eigenvalue weighted by Gasteiger charge is 2.46. The van der Waals surface area contributed by atoms with Crippen LogP contribution in [0.1, 0.15) is 59.3 Å². The minimum absolute atomic E-state index is 0.0617. The number of carbonyl (C=O) groups excluding carboxylic acids is 2. The van der Waals surface area contributed by atoms with Gasteiger partial charge in [-0.3, -0.25) is 9.59 Å². The summed E-state index contributed by atoms with van der Waals surface area (Å²) in [4.78, 5) is 28.9. The Labute approximate surface area is 183 Å². The van der Waals surface area contributed by atoms with Gasteiger partial charge in [0.1, 0.15) is 0 Å². The van der Waals surface area contributed by atoms with Crippen LogP contribution >= 0.6 is 0 Å². The van der Waals surface area contributed by atoms with Crippen molar-refractivity contribution in [1.29, 1.82) is 0 Å². The second-order valence-electron chi connectivity index (χ2n) is 8.64. The predicted octanol–water partition coefficient (Wildman–Crippen LogP) is 3.70. The van der Waals surface area contributed by atoms with Crippen molar-refractivity contribution in [3.8, 4) is 11.5 Å². The van der Waals surface area contributed by atoms with Crippen LogP contribution in [0.5, 0.6) is 11.5 Å². The molecule has 4 rings (SSSR count). The lowest BCUT2D eigenvalue weighted by Crippen LogP contribution is -2.50. The van der Waals surface area contributed by atoms with E-state index in [4.69, 9.17) is 9.47 Å². The van der Waals surface area contributed by atoms with E-state index in [1.807, 2.05) is 23.1 Å². The highest BCUT2D eigenvalue weighted by atomic mass is 16.5. The molecule has 0 radical (unpaired) electrons. The van der Waals surface area contributed by atoms with E-state index in [1.165, 1.54) is 5.56 Å². The number of hydrogen-bond acceptors (Lipinski definition) is 4. The molecular formula is C25H30N2O4. The third-order valence-electron chi connectivity index (χ3n) is 6.33. The molecule has 2 aromatic carbocycles. The standard InChI is InChI=1S/C25H30N2O4/c1-15(2)9-11-26-24(28)22-18-13-20(30-3)21(31-4)14-19(18)25(29)27-12-10-16-7-5-6-8-17(16)23(22)27/h5-8,13-15,22-23H,9-12H2,1-4H3,(H,26,28)/t22-,23-/m1/s1. The normalized spacial score (nSPS) is 19.4. The maximum absolute atomic E-state index is 13.5. The molecule has 2 atom stereocenters. The number of nitrogens with one attached hydrogen (secondary N) is 1. The summed E-state index contributed by atoms with van der Waals surface area (Å²) in [5.41, 5.74) is 3.45. The summed E-state index contributed by atoms with van der Waals surface area (Å²) in [6.45, 7) is 5.47. The minimum atomic E-state index is -0.513. The number of ether oxygens (including phenoxy) is 2. The molecule has 31 heavy (non-hydrogen) atoms. The van der Waals surface area contributed by atoms with Crippen molar-refractivity contribution in [1.82, 2.24) is 10.2 Å². The SMILES string of the molecule is COc1cc2c(cc1OC)[C@@H](C(=O)NCCC(C)C)[C@H]1c3ccccc3CCN1C2=O. The Morgan fingerprint density at radius 1 is 1.13 bits per heavy atom. The number of hydrogen-bond donors (Lipinski definition) is 1. The van der Waals surface area contributed by atoms with Gasteiger partial charge in [-0.1, -0.05) is 38.1 Å². The molecule has 0 fully saturated rings. The molecule has 2 aliphatic heterocycles. The average Bonchev–Trinajstić information content (AvgIpc) is 2.78. The Kier molecular flexibility index (Phi) is 5.90. The maximum Gasteiger partial charge on any atom is 0.254 e. The number of nitrogens with zero attached hydrogens (tertiary/aromatic N) is 1. The molecule has 0 spiro atoms. The zero-order valence-electron chi connectivity index (χ0n) is 18.6. The summed E-state index contributed by atoms with van der Waals surface area (Å²) < 4.78 is 10.9. The van der Waals surface area contributed by atoms with Crippen molar-refractivity contribution in [2.75, 3.05) is 27.3 Å². The molecule has 2 amide bonds. The van der Waals surface area contributed by atoms with E-state index in [2.05, 4.69) is 25.2 Å². The maximum atomic E-state index is 13.5. The summed E-state index contributed by atoms with van der Waals surface area (Å²) in [6.07, 6.45) is 1.68. The van der Waals surface area contributed by atoms with E-state index in [0.29, 0.717) is 41.6 Å². The van der Waals surface area contributed by atoms with Gasteiger partial charge in [-0.05, 0) is 47.6 Å². The van der Waals surface area contributed by atoms with Gasteiger partial charge < -0.3 is 19.7 Å². The van der Waals surface area contributed by atoms with Crippen LogP contribution in [0, 0.1) is 5.92 Å². The average molecular weight is 423 g/mol. The van der Waals surface area contributed by atoms with Gasteiger partial charge in [0.05, 0.1) is 26.2 Å². The van der Waals surface area contributed by atoms with E-state index in [9.17, 15) is 9.59 Å². The van der Waals surface area contributed by atoms with Crippen LogP contribution < -0.4 is 14.8 Å². The van der Waals surface area contributed by atoms with E-state index < -0.39 is 5.92 Å². The Hall–Kier alpha value is -3.02. The molecule has 0 saturated heterocycles. The molecule has 0 saturated carbocycles. The second-order valence-corrected chi connectivity index (χ2v) is 8.64. The molecule has 2 heterocycles. The van der Waals surface area contributed by atoms with Gasteiger partial charge in [-0.15, -0.1) is 0 Å². The topological polar surface area (TPSA) is 67.9 Å². The fraction of sp³-hybridized carbons (Fsp3) is 0.440. The molecule has 2 aromatic rings. The molecule has 0 bridgehead atoms.